The summed E-state index contributed by atoms with van der Waals surface area (Å²) in [6.07, 6.45) is 3.14. The summed E-state index contributed by atoms with van der Waals surface area (Å²) in [5, 5.41) is 3.27. The highest BCUT2D eigenvalue weighted by atomic mass is 32.2. The van der Waals surface area contributed by atoms with Crippen molar-refractivity contribution in [2.45, 2.75) is 23.8 Å². The minimum atomic E-state index is -3.53. The van der Waals surface area contributed by atoms with Gasteiger partial charge in [0.1, 0.15) is 16.5 Å². The average molecular weight is 421 g/mol. The molecule has 0 bridgehead atoms. The van der Waals surface area contributed by atoms with E-state index in [0.29, 0.717) is 32.0 Å². The molecule has 2 fully saturated rings. The first kappa shape index (κ1) is 20.1. The first-order valence-electron chi connectivity index (χ1n) is 9.84. The maximum atomic E-state index is 13.8. The van der Waals surface area contributed by atoms with Gasteiger partial charge in [-0.25, -0.2) is 17.8 Å². The van der Waals surface area contributed by atoms with Crippen LogP contribution in [0.3, 0.4) is 0 Å². The van der Waals surface area contributed by atoms with Gasteiger partial charge >= 0.3 is 0 Å². The SMILES string of the molecule is O=S(=O)(c1ccc(N2CCC(Nc3ccccc3F)CC2)nc1)N1CCOCC1. The second kappa shape index (κ2) is 8.64. The van der Waals surface area contributed by atoms with Crippen LogP contribution in [0.15, 0.2) is 47.5 Å². The van der Waals surface area contributed by atoms with Gasteiger partial charge in [0.25, 0.3) is 0 Å². The molecule has 9 heteroatoms. The molecule has 2 aliphatic heterocycles. The molecule has 0 saturated carbocycles. The molecule has 0 aliphatic carbocycles. The molecular weight excluding hydrogens is 395 g/mol. The van der Waals surface area contributed by atoms with Crippen LogP contribution in [0.2, 0.25) is 0 Å². The van der Waals surface area contributed by atoms with Crippen LogP contribution in [-0.2, 0) is 14.8 Å². The molecule has 4 rings (SSSR count). The molecule has 29 heavy (non-hydrogen) atoms. The molecule has 156 valence electrons. The number of benzene rings is 1. The van der Waals surface area contributed by atoms with Crippen LogP contribution in [0.4, 0.5) is 15.9 Å². The summed E-state index contributed by atoms with van der Waals surface area (Å²) in [6.45, 7) is 3.11. The van der Waals surface area contributed by atoms with Crippen molar-refractivity contribution in [3.63, 3.8) is 0 Å². The van der Waals surface area contributed by atoms with Crippen molar-refractivity contribution >= 4 is 21.5 Å². The van der Waals surface area contributed by atoms with E-state index in [1.165, 1.54) is 16.6 Å². The van der Waals surface area contributed by atoms with Gasteiger partial charge in [0.05, 0.1) is 18.9 Å². The highest BCUT2D eigenvalue weighted by molar-refractivity contribution is 7.89. The largest absolute Gasteiger partial charge is 0.380 e. The van der Waals surface area contributed by atoms with Crippen molar-refractivity contribution in [3.8, 4) is 0 Å². The molecule has 7 nitrogen and oxygen atoms in total. The quantitative estimate of drug-likeness (QED) is 0.800. The molecular formula is C20H25FN4O3S. The zero-order chi connectivity index (χ0) is 20.3. The number of hydrogen-bond acceptors (Lipinski definition) is 6. The lowest BCUT2D eigenvalue weighted by molar-refractivity contribution is 0.0730. The predicted molar refractivity (Wildman–Crippen MR) is 109 cm³/mol. The number of morpholine rings is 1. The summed E-state index contributed by atoms with van der Waals surface area (Å²) < 4.78 is 45.9. The minimum Gasteiger partial charge on any atom is -0.380 e. The van der Waals surface area contributed by atoms with Crippen LogP contribution < -0.4 is 10.2 Å². The van der Waals surface area contributed by atoms with E-state index in [1.807, 2.05) is 6.07 Å². The van der Waals surface area contributed by atoms with Crippen LogP contribution in [0.1, 0.15) is 12.8 Å². The van der Waals surface area contributed by atoms with Gasteiger partial charge < -0.3 is 15.0 Å². The lowest BCUT2D eigenvalue weighted by Gasteiger charge is -2.33. The molecule has 2 saturated heterocycles. The molecule has 0 radical (unpaired) electrons. The number of piperidine rings is 1. The Morgan fingerprint density at radius 1 is 1.03 bits per heavy atom. The highest BCUT2D eigenvalue weighted by Gasteiger charge is 2.27. The van der Waals surface area contributed by atoms with E-state index in [2.05, 4.69) is 15.2 Å². The van der Waals surface area contributed by atoms with E-state index in [1.54, 1.807) is 24.3 Å². The summed E-state index contributed by atoms with van der Waals surface area (Å²) >= 11 is 0. The molecule has 2 aromatic rings. The Morgan fingerprint density at radius 2 is 1.76 bits per heavy atom. The fourth-order valence-electron chi connectivity index (χ4n) is 3.70. The topological polar surface area (TPSA) is 74.8 Å². The first-order chi connectivity index (χ1) is 14.0. The van der Waals surface area contributed by atoms with Gasteiger partial charge in [-0.05, 0) is 37.1 Å². The molecule has 0 spiro atoms. The van der Waals surface area contributed by atoms with Crippen LogP contribution in [0, 0.1) is 5.82 Å². The monoisotopic (exact) mass is 420 g/mol. The maximum Gasteiger partial charge on any atom is 0.244 e. The second-order valence-corrected chi connectivity index (χ2v) is 9.19. The maximum absolute atomic E-state index is 13.8. The zero-order valence-electron chi connectivity index (χ0n) is 16.1. The number of anilines is 2. The first-order valence-corrected chi connectivity index (χ1v) is 11.3. The van der Waals surface area contributed by atoms with Gasteiger partial charge in [0, 0.05) is 38.4 Å². The molecule has 1 N–H and O–H groups in total. The van der Waals surface area contributed by atoms with E-state index < -0.39 is 10.0 Å². The number of nitrogens with one attached hydrogen (secondary N) is 1. The van der Waals surface area contributed by atoms with Crippen molar-refractivity contribution in [1.29, 1.82) is 0 Å². The smallest absolute Gasteiger partial charge is 0.244 e. The Bertz CT molecular complexity index is 925. The molecule has 3 heterocycles. The molecule has 0 unspecified atom stereocenters. The van der Waals surface area contributed by atoms with Gasteiger partial charge in [-0.2, -0.15) is 4.31 Å². The van der Waals surface area contributed by atoms with Crippen LogP contribution in [0.25, 0.3) is 0 Å². The predicted octanol–water partition coefficient (Wildman–Crippen LogP) is 2.32. The van der Waals surface area contributed by atoms with Crippen molar-refractivity contribution in [1.82, 2.24) is 9.29 Å². The Labute approximate surface area is 170 Å². The third-order valence-corrected chi connectivity index (χ3v) is 7.26. The van der Waals surface area contributed by atoms with E-state index in [0.717, 1.165) is 31.7 Å². The number of halogens is 1. The number of hydrogen-bond donors (Lipinski definition) is 1. The van der Waals surface area contributed by atoms with Gasteiger partial charge in [-0.1, -0.05) is 12.1 Å². The highest BCUT2D eigenvalue weighted by Crippen LogP contribution is 2.24. The normalized spacial score (nSPS) is 19.3. The van der Waals surface area contributed by atoms with E-state index in [-0.39, 0.29) is 16.8 Å². The molecule has 1 aromatic heterocycles. The van der Waals surface area contributed by atoms with E-state index in [4.69, 9.17) is 4.74 Å². The average Bonchev–Trinajstić information content (AvgIpc) is 2.77. The van der Waals surface area contributed by atoms with E-state index in [9.17, 15) is 12.8 Å². The van der Waals surface area contributed by atoms with Gasteiger partial charge in [-0.15, -0.1) is 0 Å². The molecule has 1 aromatic carbocycles. The van der Waals surface area contributed by atoms with Gasteiger partial charge in [-0.3, -0.25) is 0 Å². The van der Waals surface area contributed by atoms with Crippen LogP contribution in [-0.4, -0.2) is 63.1 Å². The number of rotatable bonds is 5. The molecule has 2 aliphatic rings. The number of aromatic nitrogens is 1. The second-order valence-electron chi connectivity index (χ2n) is 7.25. The summed E-state index contributed by atoms with van der Waals surface area (Å²) in [5.41, 5.74) is 0.529. The number of ether oxygens (including phenoxy) is 1. The van der Waals surface area contributed by atoms with Crippen LogP contribution in [0.5, 0.6) is 0 Å². The Hall–Kier alpha value is -2.23. The summed E-state index contributed by atoms with van der Waals surface area (Å²) in [6, 6.07) is 10.3. The Morgan fingerprint density at radius 3 is 2.41 bits per heavy atom. The van der Waals surface area contributed by atoms with E-state index >= 15 is 0 Å². The lowest BCUT2D eigenvalue weighted by atomic mass is 10.0. The zero-order valence-corrected chi connectivity index (χ0v) is 16.9. The van der Waals surface area contributed by atoms with Crippen LogP contribution >= 0.6 is 0 Å². The fraction of sp³-hybridized carbons (Fsp3) is 0.450. The number of nitrogens with zero attached hydrogens (tertiary/aromatic N) is 3. The molecule has 0 amide bonds. The van der Waals surface area contributed by atoms with Crippen molar-refractivity contribution in [3.05, 3.63) is 48.4 Å². The van der Waals surface area contributed by atoms with Gasteiger partial charge in [0.15, 0.2) is 0 Å². The summed E-state index contributed by atoms with van der Waals surface area (Å²) in [7, 11) is -3.53. The minimum absolute atomic E-state index is 0.198. The third-order valence-electron chi connectivity index (χ3n) is 5.38. The fourth-order valence-corrected chi connectivity index (χ4v) is 5.05. The van der Waals surface area contributed by atoms with Crippen molar-refractivity contribution < 1.29 is 17.5 Å². The standard InChI is InChI=1S/C20H25FN4O3S/c21-18-3-1-2-4-19(18)23-16-7-9-24(10-8-16)20-6-5-17(15-22-20)29(26,27)25-11-13-28-14-12-25/h1-6,15-16,23H,7-14H2. The lowest BCUT2D eigenvalue weighted by Crippen LogP contribution is -2.41. The molecule has 0 atom stereocenters. The number of sulfonamides is 1. The van der Waals surface area contributed by atoms with Crippen molar-refractivity contribution in [2.75, 3.05) is 49.6 Å². The van der Waals surface area contributed by atoms with Crippen molar-refractivity contribution in [2.24, 2.45) is 0 Å². The van der Waals surface area contributed by atoms with Gasteiger partial charge in [0.2, 0.25) is 10.0 Å². The number of pyridine rings is 1. The Kier molecular flexibility index (Phi) is 5.98. The third kappa shape index (κ3) is 4.52. The summed E-state index contributed by atoms with van der Waals surface area (Å²) in [5.74, 6) is 0.518. The number of para-hydroxylation sites is 1. The summed E-state index contributed by atoms with van der Waals surface area (Å²) in [4.78, 5) is 6.73. The Balaban J connectivity index is 1.36.